The average Bonchev–Trinajstić information content (AvgIpc) is 3.04. The van der Waals surface area contributed by atoms with Crippen LogP contribution in [0.1, 0.15) is 12.0 Å². The van der Waals surface area contributed by atoms with E-state index in [2.05, 4.69) is 5.32 Å². The topological polar surface area (TPSA) is 67.9 Å². The van der Waals surface area contributed by atoms with Gasteiger partial charge in [-0.25, -0.2) is 0 Å². The van der Waals surface area contributed by atoms with Crippen molar-refractivity contribution in [1.82, 2.24) is 0 Å². The van der Waals surface area contributed by atoms with E-state index in [0.29, 0.717) is 29.4 Å². The number of carbonyl (C=O) groups is 2. The first-order valence-corrected chi connectivity index (χ1v) is 8.42. The van der Waals surface area contributed by atoms with Gasteiger partial charge in [0.1, 0.15) is 11.5 Å². The van der Waals surface area contributed by atoms with Crippen molar-refractivity contribution < 1.29 is 19.1 Å². The lowest BCUT2D eigenvalue weighted by molar-refractivity contribution is -0.122. The molecule has 0 spiro atoms. The van der Waals surface area contributed by atoms with Gasteiger partial charge in [0.2, 0.25) is 11.8 Å². The Morgan fingerprint density at radius 3 is 2.58 bits per heavy atom. The van der Waals surface area contributed by atoms with Gasteiger partial charge in [-0.15, -0.1) is 0 Å². The summed E-state index contributed by atoms with van der Waals surface area (Å²) >= 11 is 0. The van der Waals surface area contributed by atoms with Gasteiger partial charge in [-0.1, -0.05) is 18.2 Å². The summed E-state index contributed by atoms with van der Waals surface area (Å²) in [4.78, 5) is 26.8. The molecule has 0 aliphatic carbocycles. The smallest absolute Gasteiger partial charge is 0.229 e. The van der Waals surface area contributed by atoms with Crippen LogP contribution in [0.25, 0.3) is 0 Å². The Kier molecular flexibility index (Phi) is 5.11. The predicted octanol–water partition coefficient (Wildman–Crippen LogP) is 3.00. The quantitative estimate of drug-likeness (QED) is 0.896. The summed E-state index contributed by atoms with van der Waals surface area (Å²) in [5.74, 6) is 0.487. The van der Waals surface area contributed by atoms with Crippen LogP contribution in [-0.2, 0) is 9.59 Å². The molecule has 1 aliphatic rings. The van der Waals surface area contributed by atoms with E-state index in [0.717, 1.165) is 5.56 Å². The number of methoxy groups -OCH3 is 2. The molecule has 136 valence electrons. The number of para-hydroxylation sites is 2. The second-order valence-corrected chi connectivity index (χ2v) is 6.27. The van der Waals surface area contributed by atoms with Crippen molar-refractivity contribution in [3.63, 3.8) is 0 Å². The second-order valence-electron chi connectivity index (χ2n) is 6.27. The molecule has 1 aliphatic heterocycles. The molecule has 0 bridgehead atoms. The summed E-state index contributed by atoms with van der Waals surface area (Å²) in [5, 5.41) is 2.86. The zero-order valence-corrected chi connectivity index (χ0v) is 15.1. The van der Waals surface area contributed by atoms with Gasteiger partial charge in [0.05, 0.1) is 31.5 Å². The Bertz CT molecular complexity index is 834. The van der Waals surface area contributed by atoms with Crippen LogP contribution in [0.4, 0.5) is 11.4 Å². The molecule has 0 radical (unpaired) electrons. The number of hydrogen-bond donors (Lipinski definition) is 1. The maximum absolute atomic E-state index is 12.6. The van der Waals surface area contributed by atoms with E-state index in [1.54, 1.807) is 31.3 Å². The van der Waals surface area contributed by atoms with Crippen LogP contribution in [0, 0.1) is 12.8 Å². The van der Waals surface area contributed by atoms with Crippen molar-refractivity contribution in [2.75, 3.05) is 31.0 Å². The van der Waals surface area contributed by atoms with Gasteiger partial charge in [-0.05, 0) is 36.8 Å². The molecule has 1 saturated heterocycles. The maximum Gasteiger partial charge on any atom is 0.229 e. The van der Waals surface area contributed by atoms with Crippen LogP contribution in [0.15, 0.2) is 42.5 Å². The number of carbonyl (C=O) groups excluding carboxylic acids is 2. The number of nitrogens with one attached hydrogen (secondary N) is 1. The van der Waals surface area contributed by atoms with E-state index < -0.39 is 5.92 Å². The minimum absolute atomic E-state index is 0.0888. The van der Waals surface area contributed by atoms with Crippen molar-refractivity contribution in [2.24, 2.45) is 5.92 Å². The summed E-state index contributed by atoms with van der Waals surface area (Å²) in [6, 6.07) is 12.9. The van der Waals surface area contributed by atoms with Crippen LogP contribution >= 0.6 is 0 Å². The number of aryl methyl sites for hydroxylation is 1. The minimum Gasteiger partial charge on any atom is -0.495 e. The number of benzene rings is 2. The van der Waals surface area contributed by atoms with E-state index in [1.165, 1.54) is 0 Å². The van der Waals surface area contributed by atoms with Crippen LogP contribution < -0.4 is 19.7 Å². The fourth-order valence-corrected chi connectivity index (χ4v) is 3.11. The molecule has 1 unspecified atom stereocenters. The first-order chi connectivity index (χ1) is 12.5. The molecule has 1 fully saturated rings. The maximum atomic E-state index is 12.6. The van der Waals surface area contributed by atoms with E-state index in [1.807, 2.05) is 37.3 Å². The number of nitrogens with zero attached hydrogens (tertiary/aromatic N) is 1. The molecule has 0 aromatic heterocycles. The standard InChI is InChI=1S/C20H22N2O4/c1-13-8-9-18(26-3)16(10-13)22-12-14(11-19(22)23)20(24)21-15-6-4-5-7-17(15)25-2/h4-10,14H,11-12H2,1-3H3,(H,21,24). The van der Waals surface area contributed by atoms with Gasteiger partial charge >= 0.3 is 0 Å². The molecular formula is C20H22N2O4. The molecule has 2 aromatic rings. The van der Waals surface area contributed by atoms with Gasteiger partial charge in [-0.3, -0.25) is 9.59 Å². The highest BCUT2D eigenvalue weighted by atomic mass is 16.5. The van der Waals surface area contributed by atoms with Gasteiger partial charge in [0.25, 0.3) is 0 Å². The summed E-state index contributed by atoms with van der Waals surface area (Å²) in [6.45, 7) is 2.27. The lowest BCUT2D eigenvalue weighted by Crippen LogP contribution is -2.28. The first kappa shape index (κ1) is 17.8. The molecule has 26 heavy (non-hydrogen) atoms. The average molecular weight is 354 g/mol. The highest BCUT2D eigenvalue weighted by molar-refractivity contribution is 6.04. The highest BCUT2D eigenvalue weighted by Gasteiger charge is 2.36. The molecule has 3 rings (SSSR count). The number of ether oxygens (including phenoxy) is 2. The van der Waals surface area contributed by atoms with Gasteiger partial charge in [0.15, 0.2) is 0 Å². The zero-order valence-electron chi connectivity index (χ0n) is 15.1. The third-order valence-corrected chi connectivity index (χ3v) is 4.49. The van der Waals surface area contributed by atoms with Crippen LogP contribution in [0.2, 0.25) is 0 Å². The second kappa shape index (κ2) is 7.47. The summed E-state index contributed by atoms with van der Waals surface area (Å²) < 4.78 is 10.6. The lowest BCUT2D eigenvalue weighted by atomic mass is 10.1. The molecule has 2 amide bonds. The van der Waals surface area contributed by atoms with Crippen molar-refractivity contribution in [2.45, 2.75) is 13.3 Å². The normalized spacial score (nSPS) is 16.5. The zero-order chi connectivity index (χ0) is 18.7. The monoisotopic (exact) mass is 354 g/mol. The molecule has 1 N–H and O–H groups in total. The van der Waals surface area contributed by atoms with Gasteiger partial charge in [0, 0.05) is 13.0 Å². The Hall–Kier alpha value is -3.02. The number of hydrogen-bond acceptors (Lipinski definition) is 4. The van der Waals surface area contributed by atoms with Gasteiger partial charge < -0.3 is 19.7 Å². The lowest BCUT2D eigenvalue weighted by Gasteiger charge is -2.20. The molecule has 0 saturated carbocycles. The predicted molar refractivity (Wildman–Crippen MR) is 99.8 cm³/mol. The van der Waals surface area contributed by atoms with Crippen molar-refractivity contribution in [3.05, 3.63) is 48.0 Å². The summed E-state index contributed by atoms with van der Waals surface area (Å²) in [5.41, 5.74) is 2.32. The number of amides is 2. The summed E-state index contributed by atoms with van der Waals surface area (Å²) in [6.07, 6.45) is 0.165. The van der Waals surface area contributed by atoms with E-state index in [9.17, 15) is 9.59 Å². The minimum atomic E-state index is -0.433. The molecule has 1 heterocycles. The Morgan fingerprint density at radius 1 is 1.12 bits per heavy atom. The van der Waals surface area contributed by atoms with Gasteiger partial charge in [-0.2, -0.15) is 0 Å². The van der Waals surface area contributed by atoms with Crippen molar-refractivity contribution in [1.29, 1.82) is 0 Å². The SMILES string of the molecule is COc1ccccc1NC(=O)C1CC(=O)N(c2cc(C)ccc2OC)C1. The molecule has 6 nitrogen and oxygen atoms in total. The van der Waals surface area contributed by atoms with Crippen LogP contribution in [-0.4, -0.2) is 32.6 Å². The third-order valence-electron chi connectivity index (χ3n) is 4.49. The van der Waals surface area contributed by atoms with E-state index >= 15 is 0 Å². The van der Waals surface area contributed by atoms with E-state index in [-0.39, 0.29) is 18.2 Å². The Labute approximate surface area is 152 Å². The fourth-order valence-electron chi connectivity index (χ4n) is 3.11. The molecule has 6 heteroatoms. The summed E-state index contributed by atoms with van der Waals surface area (Å²) in [7, 11) is 3.12. The molecular weight excluding hydrogens is 332 g/mol. The molecule has 1 atom stereocenters. The third kappa shape index (κ3) is 3.49. The Balaban J connectivity index is 1.77. The van der Waals surface area contributed by atoms with Crippen LogP contribution in [0.3, 0.4) is 0 Å². The highest BCUT2D eigenvalue weighted by Crippen LogP contribution is 2.34. The van der Waals surface area contributed by atoms with Crippen LogP contribution in [0.5, 0.6) is 11.5 Å². The Morgan fingerprint density at radius 2 is 1.85 bits per heavy atom. The first-order valence-electron chi connectivity index (χ1n) is 8.42. The van der Waals surface area contributed by atoms with Crippen molar-refractivity contribution >= 4 is 23.2 Å². The van der Waals surface area contributed by atoms with Crippen molar-refractivity contribution in [3.8, 4) is 11.5 Å². The number of anilines is 2. The fraction of sp³-hybridized carbons (Fsp3) is 0.300. The van der Waals surface area contributed by atoms with E-state index in [4.69, 9.17) is 9.47 Å². The molecule has 2 aromatic carbocycles. The largest absolute Gasteiger partial charge is 0.495 e. The number of rotatable bonds is 5.